The van der Waals surface area contributed by atoms with Crippen molar-refractivity contribution < 1.29 is 9.53 Å². The molecule has 0 aliphatic rings. The number of ether oxygens (including phenoxy) is 1. The van der Waals surface area contributed by atoms with Crippen molar-refractivity contribution in [1.82, 2.24) is 19.5 Å². The van der Waals surface area contributed by atoms with Crippen LogP contribution < -0.4 is 10.5 Å². The first-order valence-corrected chi connectivity index (χ1v) is 5.95. The van der Waals surface area contributed by atoms with Crippen LogP contribution >= 0.6 is 0 Å². The molecule has 0 radical (unpaired) electrons. The van der Waals surface area contributed by atoms with Crippen molar-refractivity contribution >= 4 is 17.2 Å². The summed E-state index contributed by atoms with van der Waals surface area (Å²) >= 11 is 0. The van der Waals surface area contributed by atoms with Crippen LogP contribution in [0.4, 0.5) is 0 Å². The Morgan fingerprint density at radius 1 is 1.45 bits per heavy atom. The van der Waals surface area contributed by atoms with E-state index in [1.54, 1.807) is 24.5 Å². The average molecular weight is 271 g/mol. The molecule has 102 valence electrons. The Kier molecular flexibility index (Phi) is 2.67. The summed E-state index contributed by atoms with van der Waals surface area (Å²) < 4.78 is 7.12. The number of amides is 1. The zero-order valence-corrected chi connectivity index (χ0v) is 11.0. The van der Waals surface area contributed by atoms with Gasteiger partial charge in [0.2, 0.25) is 5.91 Å². The Labute approximate surface area is 114 Å². The number of H-pyrrole nitrogens is 1. The van der Waals surface area contributed by atoms with Gasteiger partial charge in [-0.3, -0.25) is 4.79 Å². The number of hydrogen-bond acceptors (Lipinski definition) is 4. The van der Waals surface area contributed by atoms with Crippen LogP contribution in [0.1, 0.15) is 10.4 Å². The molecule has 0 saturated heterocycles. The predicted molar refractivity (Wildman–Crippen MR) is 73.4 cm³/mol. The summed E-state index contributed by atoms with van der Waals surface area (Å²) in [6, 6.07) is 4.98. The highest BCUT2D eigenvalue weighted by molar-refractivity contribution is 5.94. The Morgan fingerprint density at radius 3 is 2.90 bits per heavy atom. The van der Waals surface area contributed by atoms with E-state index in [2.05, 4.69) is 15.0 Å². The number of nitrogens with one attached hydrogen (secondary N) is 1. The molecule has 7 nitrogen and oxygen atoms in total. The number of imidazole rings is 2. The summed E-state index contributed by atoms with van der Waals surface area (Å²) in [6.45, 7) is 0. The minimum absolute atomic E-state index is 0.389. The number of benzene rings is 1. The molecule has 0 atom stereocenters. The summed E-state index contributed by atoms with van der Waals surface area (Å²) in [5, 5.41) is 0. The second-order valence-electron chi connectivity index (χ2n) is 4.39. The lowest BCUT2D eigenvalue weighted by Crippen LogP contribution is -2.11. The van der Waals surface area contributed by atoms with Gasteiger partial charge in [0.05, 0.1) is 19.0 Å². The normalized spacial score (nSPS) is 10.9. The monoisotopic (exact) mass is 271 g/mol. The predicted octanol–water partition coefficient (Wildman–Crippen LogP) is 1.07. The number of methoxy groups -OCH3 is 1. The number of carbonyl (C=O) groups is 1. The molecule has 3 rings (SSSR count). The molecule has 0 saturated carbocycles. The van der Waals surface area contributed by atoms with E-state index >= 15 is 0 Å². The molecule has 7 heteroatoms. The second kappa shape index (κ2) is 4.37. The van der Waals surface area contributed by atoms with Gasteiger partial charge in [-0.05, 0) is 18.2 Å². The third-order valence-corrected chi connectivity index (χ3v) is 3.10. The first-order valence-electron chi connectivity index (χ1n) is 5.95. The van der Waals surface area contributed by atoms with Crippen LogP contribution in [-0.2, 0) is 7.05 Å². The van der Waals surface area contributed by atoms with E-state index in [1.165, 1.54) is 7.11 Å². The molecule has 3 aromatic rings. The fourth-order valence-corrected chi connectivity index (χ4v) is 2.06. The maximum atomic E-state index is 11.2. The van der Waals surface area contributed by atoms with Crippen molar-refractivity contribution in [1.29, 1.82) is 0 Å². The molecule has 20 heavy (non-hydrogen) atoms. The van der Waals surface area contributed by atoms with Gasteiger partial charge in [-0.1, -0.05) is 0 Å². The van der Waals surface area contributed by atoms with Gasteiger partial charge in [0, 0.05) is 12.6 Å². The third-order valence-electron chi connectivity index (χ3n) is 3.10. The number of rotatable bonds is 3. The fourth-order valence-electron chi connectivity index (χ4n) is 2.06. The maximum absolute atomic E-state index is 11.2. The standard InChI is InChI=1S/C13H13N5O2/c1-18-6-15-12-13(18)17-11(16-12)8-4-3-7(10(14)19)5-9(8)20-2/h3-6H,1-2H3,(H2,14,19)(H,16,17). The molecule has 2 aromatic heterocycles. The van der Waals surface area contributed by atoms with Crippen LogP contribution in [0.15, 0.2) is 24.5 Å². The molecule has 0 fully saturated rings. The van der Waals surface area contributed by atoms with E-state index in [1.807, 2.05) is 11.6 Å². The number of aryl methyl sites for hydroxylation is 1. The molecule has 1 aromatic carbocycles. The van der Waals surface area contributed by atoms with Gasteiger partial charge in [-0.2, -0.15) is 0 Å². The van der Waals surface area contributed by atoms with Crippen molar-refractivity contribution in [2.45, 2.75) is 0 Å². The SMILES string of the molecule is COc1cc(C(N)=O)ccc1-c1nc2c(ncn2C)[nH]1. The highest BCUT2D eigenvalue weighted by Gasteiger charge is 2.14. The highest BCUT2D eigenvalue weighted by Crippen LogP contribution is 2.30. The number of nitrogens with two attached hydrogens (primary N) is 1. The fraction of sp³-hybridized carbons (Fsp3) is 0.154. The average Bonchev–Trinajstić information content (AvgIpc) is 3.00. The van der Waals surface area contributed by atoms with Crippen molar-refractivity contribution in [3.8, 4) is 17.1 Å². The van der Waals surface area contributed by atoms with E-state index in [0.29, 0.717) is 22.8 Å². The Hall–Kier alpha value is -2.83. The van der Waals surface area contributed by atoms with Crippen LogP contribution in [0.5, 0.6) is 5.75 Å². The molecule has 0 aliphatic heterocycles. The van der Waals surface area contributed by atoms with Crippen molar-refractivity contribution in [3.05, 3.63) is 30.1 Å². The Morgan fingerprint density at radius 2 is 2.25 bits per heavy atom. The second-order valence-corrected chi connectivity index (χ2v) is 4.39. The van der Waals surface area contributed by atoms with Crippen molar-refractivity contribution in [2.24, 2.45) is 12.8 Å². The summed E-state index contributed by atoms with van der Waals surface area (Å²) in [4.78, 5) is 23.0. The molecule has 0 aliphatic carbocycles. The minimum Gasteiger partial charge on any atom is -0.496 e. The number of aromatic amines is 1. The molecule has 0 unspecified atom stereocenters. The van der Waals surface area contributed by atoms with Gasteiger partial charge in [0.25, 0.3) is 0 Å². The van der Waals surface area contributed by atoms with E-state index in [9.17, 15) is 4.79 Å². The number of fused-ring (bicyclic) bond motifs is 1. The van der Waals surface area contributed by atoms with Crippen LogP contribution in [-0.4, -0.2) is 32.5 Å². The highest BCUT2D eigenvalue weighted by atomic mass is 16.5. The lowest BCUT2D eigenvalue weighted by Gasteiger charge is -2.07. The number of aromatic nitrogens is 4. The first kappa shape index (κ1) is 12.2. The molecule has 0 spiro atoms. The van der Waals surface area contributed by atoms with Crippen molar-refractivity contribution in [2.75, 3.05) is 7.11 Å². The zero-order chi connectivity index (χ0) is 14.3. The minimum atomic E-state index is -0.499. The van der Waals surface area contributed by atoms with Gasteiger partial charge in [0.1, 0.15) is 11.6 Å². The number of primary amides is 1. The van der Waals surface area contributed by atoms with E-state index in [4.69, 9.17) is 10.5 Å². The summed E-state index contributed by atoms with van der Waals surface area (Å²) in [5.74, 6) is 0.660. The lowest BCUT2D eigenvalue weighted by molar-refractivity contribution is 0.1000. The van der Waals surface area contributed by atoms with E-state index in [-0.39, 0.29) is 0 Å². The summed E-state index contributed by atoms with van der Waals surface area (Å²) in [7, 11) is 3.40. The Balaban J connectivity index is 2.15. The van der Waals surface area contributed by atoms with E-state index < -0.39 is 5.91 Å². The van der Waals surface area contributed by atoms with Crippen LogP contribution in [0.25, 0.3) is 22.7 Å². The number of nitrogens with zero attached hydrogens (tertiary/aromatic N) is 3. The van der Waals surface area contributed by atoms with Crippen molar-refractivity contribution in [3.63, 3.8) is 0 Å². The largest absolute Gasteiger partial charge is 0.496 e. The van der Waals surface area contributed by atoms with Crippen LogP contribution in [0.3, 0.4) is 0 Å². The van der Waals surface area contributed by atoms with Gasteiger partial charge in [0.15, 0.2) is 11.3 Å². The quantitative estimate of drug-likeness (QED) is 0.744. The van der Waals surface area contributed by atoms with Gasteiger partial charge in [-0.25, -0.2) is 9.97 Å². The summed E-state index contributed by atoms with van der Waals surface area (Å²) in [5.41, 5.74) is 7.84. The van der Waals surface area contributed by atoms with E-state index in [0.717, 1.165) is 11.2 Å². The van der Waals surface area contributed by atoms with Gasteiger partial charge in [-0.15, -0.1) is 0 Å². The molecule has 3 N–H and O–H groups in total. The molecule has 0 bridgehead atoms. The van der Waals surface area contributed by atoms with Crippen LogP contribution in [0, 0.1) is 0 Å². The number of hydrogen-bond donors (Lipinski definition) is 2. The van der Waals surface area contributed by atoms with Gasteiger partial charge < -0.3 is 20.0 Å². The third kappa shape index (κ3) is 1.80. The smallest absolute Gasteiger partial charge is 0.248 e. The zero-order valence-electron chi connectivity index (χ0n) is 11.0. The molecular weight excluding hydrogens is 258 g/mol. The molecule has 2 heterocycles. The van der Waals surface area contributed by atoms with Crippen LogP contribution in [0.2, 0.25) is 0 Å². The molecule has 1 amide bonds. The lowest BCUT2D eigenvalue weighted by atomic mass is 10.1. The first-order chi connectivity index (χ1) is 9.60. The summed E-state index contributed by atoms with van der Waals surface area (Å²) in [6.07, 6.45) is 1.69. The van der Waals surface area contributed by atoms with Gasteiger partial charge >= 0.3 is 0 Å². The Bertz CT molecular complexity index is 802. The maximum Gasteiger partial charge on any atom is 0.248 e. The molecular formula is C13H13N5O2. The topological polar surface area (TPSA) is 98.8 Å². The number of carbonyl (C=O) groups excluding carboxylic acids is 1.